The summed E-state index contributed by atoms with van der Waals surface area (Å²) in [5.74, 6) is -1.12. The van der Waals surface area contributed by atoms with Crippen LogP contribution in [-0.2, 0) is 7.05 Å². The van der Waals surface area contributed by atoms with Crippen LogP contribution in [0.4, 0.5) is 0 Å². The summed E-state index contributed by atoms with van der Waals surface area (Å²) in [5.41, 5.74) is 0.252. The second-order valence-electron chi connectivity index (χ2n) is 3.34. The number of rotatable bonds is 2. The molecule has 0 amide bonds. The van der Waals surface area contributed by atoms with E-state index in [4.69, 9.17) is 5.11 Å². The van der Waals surface area contributed by atoms with Crippen molar-refractivity contribution in [1.82, 2.24) is 9.36 Å². The van der Waals surface area contributed by atoms with Gasteiger partial charge >= 0.3 is 5.97 Å². The molecule has 2 rings (SSSR count). The molecule has 0 fully saturated rings. The molecule has 0 aliphatic carbocycles. The van der Waals surface area contributed by atoms with Gasteiger partial charge in [0.1, 0.15) is 5.69 Å². The van der Waals surface area contributed by atoms with Gasteiger partial charge in [0.25, 0.3) is 5.56 Å². The molecule has 0 aliphatic rings. The van der Waals surface area contributed by atoms with E-state index in [0.29, 0.717) is 5.69 Å². The van der Waals surface area contributed by atoms with E-state index in [1.807, 2.05) is 6.07 Å². The van der Waals surface area contributed by atoms with Crippen molar-refractivity contribution in [2.24, 2.45) is 7.05 Å². The fraction of sp³-hybridized carbons (Fsp3) is 0.0909. The molecule has 5 heteroatoms. The highest BCUT2D eigenvalue weighted by Crippen LogP contribution is 2.06. The third-order valence-corrected chi connectivity index (χ3v) is 2.34. The summed E-state index contributed by atoms with van der Waals surface area (Å²) in [4.78, 5) is 22.5. The monoisotopic (exact) mass is 218 g/mol. The first-order valence-corrected chi connectivity index (χ1v) is 4.69. The quantitative estimate of drug-likeness (QED) is 0.813. The lowest BCUT2D eigenvalue weighted by molar-refractivity contribution is 0.0684. The first-order chi connectivity index (χ1) is 7.61. The Balaban J connectivity index is 2.68. The SMILES string of the molecule is Cn1c(C(=O)O)cc(=O)n1-c1ccccc1. The van der Waals surface area contributed by atoms with E-state index in [9.17, 15) is 9.59 Å². The first kappa shape index (κ1) is 10.2. The maximum atomic E-state index is 11.6. The third kappa shape index (κ3) is 1.52. The predicted molar refractivity (Wildman–Crippen MR) is 58.0 cm³/mol. The number of hydrogen-bond donors (Lipinski definition) is 1. The molecule has 0 spiro atoms. The van der Waals surface area contributed by atoms with Gasteiger partial charge in [-0.15, -0.1) is 0 Å². The normalized spacial score (nSPS) is 10.3. The van der Waals surface area contributed by atoms with Gasteiger partial charge in [-0.1, -0.05) is 18.2 Å². The highest BCUT2D eigenvalue weighted by Gasteiger charge is 2.14. The minimum absolute atomic E-state index is 0.0335. The van der Waals surface area contributed by atoms with Crippen molar-refractivity contribution < 1.29 is 9.90 Å². The first-order valence-electron chi connectivity index (χ1n) is 4.69. The Kier molecular flexibility index (Phi) is 2.36. The van der Waals surface area contributed by atoms with Crippen molar-refractivity contribution in [3.05, 3.63) is 52.4 Å². The van der Waals surface area contributed by atoms with E-state index in [1.54, 1.807) is 24.3 Å². The number of aromatic nitrogens is 2. The Hall–Kier alpha value is -2.30. The fourth-order valence-electron chi connectivity index (χ4n) is 1.60. The van der Waals surface area contributed by atoms with E-state index in [2.05, 4.69) is 0 Å². The van der Waals surface area contributed by atoms with Crippen LogP contribution in [0.25, 0.3) is 5.69 Å². The van der Waals surface area contributed by atoms with Crippen LogP contribution in [0.15, 0.2) is 41.2 Å². The summed E-state index contributed by atoms with van der Waals surface area (Å²) in [6.45, 7) is 0. The molecule has 0 unspecified atom stereocenters. The van der Waals surface area contributed by atoms with Crippen LogP contribution in [0.1, 0.15) is 10.5 Å². The van der Waals surface area contributed by atoms with Crippen molar-refractivity contribution in [1.29, 1.82) is 0 Å². The van der Waals surface area contributed by atoms with Crippen molar-refractivity contribution >= 4 is 5.97 Å². The predicted octanol–water partition coefficient (Wildman–Crippen LogP) is 0.874. The van der Waals surface area contributed by atoms with Crippen LogP contribution in [-0.4, -0.2) is 20.4 Å². The Morgan fingerprint density at radius 2 is 1.88 bits per heavy atom. The van der Waals surface area contributed by atoms with Crippen LogP contribution in [0.2, 0.25) is 0 Å². The number of aromatic carboxylic acids is 1. The van der Waals surface area contributed by atoms with Gasteiger partial charge in [0.05, 0.1) is 5.69 Å². The van der Waals surface area contributed by atoms with E-state index in [1.165, 1.54) is 16.4 Å². The molecule has 0 radical (unpaired) electrons. The Morgan fingerprint density at radius 3 is 2.38 bits per heavy atom. The van der Waals surface area contributed by atoms with Gasteiger partial charge in [-0.3, -0.25) is 9.48 Å². The molecule has 0 bridgehead atoms. The van der Waals surface area contributed by atoms with Crippen LogP contribution in [0.5, 0.6) is 0 Å². The van der Waals surface area contributed by atoms with Gasteiger partial charge in [-0.25, -0.2) is 9.48 Å². The van der Waals surface area contributed by atoms with Gasteiger partial charge in [0.15, 0.2) is 0 Å². The van der Waals surface area contributed by atoms with Crippen molar-refractivity contribution in [2.75, 3.05) is 0 Å². The fourth-order valence-corrected chi connectivity index (χ4v) is 1.60. The molecule has 0 aliphatic heterocycles. The molecule has 16 heavy (non-hydrogen) atoms. The zero-order valence-corrected chi connectivity index (χ0v) is 8.62. The van der Waals surface area contributed by atoms with E-state index >= 15 is 0 Å². The second kappa shape index (κ2) is 3.69. The molecule has 0 atom stereocenters. The Labute approximate surface area is 91.2 Å². The number of benzene rings is 1. The molecule has 0 saturated carbocycles. The van der Waals surface area contributed by atoms with E-state index in [0.717, 1.165) is 6.07 Å². The zero-order valence-electron chi connectivity index (χ0n) is 8.62. The Bertz CT molecular complexity index is 581. The summed E-state index contributed by atoms with van der Waals surface area (Å²) >= 11 is 0. The minimum atomic E-state index is -1.12. The highest BCUT2D eigenvalue weighted by molar-refractivity contribution is 5.85. The molecule has 5 nitrogen and oxygen atoms in total. The minimum Gasteiger partial charge on any atom is -0.477 e. The van der Waals surface area contributed by atoms with Crippen molar-refractivity contribution in [2.45, 2.75) is 0 Å². The summed E-state index contributed by atoms with van der Waals surface area (Å²) in [7, 11) is 1.54. The van der Waals surface area contributed by atoms with Gasteiger partial charge in [0, 0.05) is 13.1 Å². The van der Waals surface area contributed by atoms with E-state index in [-0.39, 0.29) is 11.3 Å². The lowest BCUT2D eigenvalue weighted by atomic mass is 10.3. The van der Waals surface area contributed by atoms with Crippen LogP contribution in [0, 0.1) is 0 Å². The van der Waals surface area contributed by atoms with Crippen molar-refractivity contribution in [3.8, 4) is 5.69 Å². The van der Waals surface area contributed by atoms with Crippen LogP contribution >= 0.6 is 0 Å². The molecular formula is C11H10N2O3. The smallest absolute Gasteiger partial charge is 0.354 e. The number of carboxylic acid groups (broad SMARTS) is 1. The van der Waals surface area contributed by atoms with Crippen LogP contribution < -0.4 is 5.56 Å². The molecule has 0 saturated heterocycles. The maximum Gasteiger partial charge on any atom is 0.354 e. The summed E-state index contributed by atoms with van der Waals surface area (Å²) in [6, 6.07) is 10.00. The molecule has 1 N–H and O–H groups in total. The topological polar surface area (TPSA) is 64.2 Å². The molecule has 1 aromatic carbocycles. The second-order valence-corrected chi connectivity index (χ2v) is 3.34. The van der Waals surface area contributed by atoms with Crippen molar-refractivity contribution in [3.63, 3.8) is 0 Å². The lowest BCUT2D eigenvalue weighted by Gasteiger charge is -2.07. The zero-order chi connectivity index (χ0) is 11.7. The number of carbonyl (C=O) groups is 1. The average molecular weight is 218 g/mol. The van der Waals surface area contributed by atoms with Crippen LogP contribution in [0.3, 0.4) is 0 Å². The number of hydrogen-bond acceptors (Lipinski definition) is 2. The van der Waals surface area contributed by atoms with Gasteiger partial charge in [-0.2, -0.15) is 0 Å². The lowest BCUT2D eigenvalue weighted by Crippen LogP contribution is -2.19. The number of carboxylic acids is 1. The molecule has 82 valence electrons. The highest BCUT2D eigenvalue weighted by atomic mass is 16.4. The number of nitrogens with zero attached hydrogens (tertiary/aromatic N) is 2. The summed E-state index contributed by atoms with van der Waals surface area (Å²) < 4.78 is 2.63. The third-order valence-electron chi connectivity index (χ3n) is 2.34. The standard InChI is InChI=1S/C11H10N2O3/c1-12-9(11(15)16)7-10(14)13(12)8-5-3-2-4-6-8/h2-7H,1H3,(H,15,16). The molecular weight excluding hydrogens is 208 g/mol. The molecule has 1 aromatic heterocycles. The van der Waals surface area contributed by atoms with Gasteiger partial charge < -0.3 is 5.11 Å². The number of para-hydroxylation sites is 1. The summed E-state index contributed by atoms with van der Waals surface area (Å²) in [5, 5.41) is 8.88. The molecule has 2 aromatic rings. The largest absolute Gasteiger partial charge is 0.477 e. The maximum absolute atomic E-state index is 11.6. The van der Waals surface area contributed by atoms with Gasteiger partial charge in [-0.05, 0) is 12.1 Å². The van der Waals surface area contributed by atoms with E-state index < -0.39 is 5.97 Å². The molecule has 1 heterocycles. The average Bonchev–Trinajstić information content (AvgIpc) is 2.56. The van der Waals surface area contributed by atoms with Gasteiger partial charge in [0.2, 0.25) is 0 Å². The summed E-state index contributed by atoms with van der Waals surface area (Å²) in [6.07, 6.45) is 0. The Morgan fingerprint density at radius 1 is 1.25 bits per heavy atom.